The molecular formula is C43H38N5O5PS. The zero-order valence-electron chi connectivity index (χ0n) is 30.3. The molecular weight excluding hydrogens is 730 g/mol. The van der Waals surface area contributed by atoms with Crippen LogP contribution in [0.15, 0.2) is 149 Å². The SMILES string of the molecule is CNC(=O)c1ccccc1Sc1ccc2c(/C=C/c3ccccn3)nn(P(=O)(N[C@@H](C)C(=O)O[C@@H](C)c3ccccc3)Oc3cccc4ccccc34)c2c1. The first-order valence-corrected chi connectivity index (χ1v) is 20.0. The number of amides is 1. The topological polar surface area (TPSA) is 124 Å². The lowest BCUT2D eigenvalue weighted by Gasteiger charge is -2.25. The molecule has 0 aliphatic rings. The van der Waals surface area contributed by atoms with E-state index in [2.05, 4.69) is 15.4 Å². The van der Waals surface area contributed by atoms with Gasteiger partial charge >= 0.3 is 13.6 Å². The highest BCUT2D eigenvalue weighted by molar-refractivity contribution is 7.99. The van der Waals surface area contributed by atoms with Gasteiger partial charge in [0, 0.05) is 33.8 Å². The van der Waals surface area contributed by atoms with Crippen molar-refractivity contribution in [2.45, 2.75) is 35.8 Å². The number of nitrogens with zero attached hydrogens (tertiary/aromatic N) is 3. The van der Waals surface area contributed by atoms with Gasteiger partial charge in [-0.1, -0.05) is 96.7 Å². The molecule has 55 heavy (non-hydrogen) atoms. The molecule has 0 saturated heterocycles. The lowest BCUT2D eigenvalue weighted by atomic mass is 10.1. The number of hydrogen-bond acceptors (Lipinski definition) is 8. The van der Waals surface area contributed by atoms with Crippen LogP contribution in [-0.2, 0) is 14.1 Å². The van der Waals surface area contributed by atoms with Crippen molar-refractivity contribution in [2.24, 2.45) is 0 Å². The Morgan fingerprint density at radius 2 is 1.56 bits per heavy atom. The monoisotopic (exact) mass is 767 g/mol. The summed E-state index contributed by atoms with van der Waals surface area (Å²) < 4.78 is 29.5. The van der Waals surface area contributed by atoms with Gasteiger partial charge in [-0.25, -0.2) is 9.65 Å². The third-order valence-electron chi connectivity index (χ3n) is 8.84. The fourth-order valence-electron chi connectivity index (χ4n) is 6.03. The molecule has 0 spiro atoms. The van der Waals surface area contributed by atoms with Gasteiger partial charge in [-0.2, -0.15) is 9.55 Å². The zero-order valence-corrected chi connectivity index (χ0v) is 32.0. The molecule has 2 N–H and O–H groups in total. The number of hydrogen-bond donors (Lipinski definition) is 2. The van der Waals surface area contributed by atoms with Crippen molar-refractivity contribution in [3.05, 3.63) is 162 Å². The van der Waals surface area contributed by atoms with Gasteiger partial charge in [0.2, 0.25) is 0 Å². The molecule has 0 bridgehead atoms. The van der Waals surface area contributed by atoms with Crippen LogP contribution in [0.2, 0.25) is 0 Å². The Kier molecular flexibility index (Phi) is 11.2. The van der Waals surface area contributed by atoms with Crippen LogP contribution in [0.25, 0.3) is 33.8 Å². The van der Waals surface area contributed by atoms with Crippen LogP contribution < -0.4 is 14.9 Å². The van der Waals surface area contributed by atoms with E-state index >= 15 is 4.57 Å². The minimum atomic E-state index is -4.34. The maximum atomic E-state index is 15.7. The number of carbonyl (C=O) groups is 2. The Morgan fingerprint density at radius 1 is 0.818 bits per heavy atom. The third kappa shape index (κ3) is 8.39. The first-order valence-electron chi connectivity index (χ1n) is 17.6. The van der Waals surface area contributed by atoms with Gasteiger partial charge in [-0.3, -0.25) is 14.6 Å². The lowest BCUT2D eigenvalue weighted by molar-refractivity contribution is -0.150. The number of fused-ring (bicyclic) bond motifs is 2. The second-order valence-electron chi connectivity index (χ2n) is 12.6. The van der Waals surface area contributed by atoms with Crippen LogP contribution in [0, 0.1) is 0 Å². The van der Waals surface area contributed by atoms with Crippen molar-refractivity contribution in [1.29, 1.82) is 0 Å². The molecule has 0 saturated carbocycles. The highest BCUT2D eigenvalue weighted by Crippen LogP contribution is 2.49. The smallest absolute Gasteiger partial charge is 0.440 e. The first kappa shape index (κ1) is 37.3. The van der Waals surface area contributed by atoms with Crippen LogP contribution in [-0.4, -0.2) is 39.5 Å². The van der Waals surface area contributed by atoms with E-state index in [1.807, 2.05) is 127 Å². The van der Waals surface area contributed by atoms with E-state index in [1.54, 1.807) is 45.3 Å². The van der Waals surface area contributed by atoms with Crippen LogP contribution in [0.4, 0.5) is 0 Å². The summed E-state index contributed by atoms with van der Waals surface area (Å²) in [5.74, 6) is -0.492. The number of ether oxygens (including phenoxy) is 1. The van der Waals surface area contributed by atoms with Crippen LogP contribution >= 0.6 is 19.4 Å². The molecule has 7 aromatic rings. The Balaban J connectivity index is 1.35. The van der Waals surface area contributed by atoms with Crippen molar-refractivity contribution >= 4 is 65.1 Å². The average Bonchev–Trinajstić information content (AvgIpc) is 3.59. The summed E-state index contributed by atoms with van der Waals surface area (Å²) in [6.07, 6.45) is 4.77. The Labute approximate surface area is 323 Å². The number of benzene rings is 5. The molecule has 0 aliphatic carbocycles. The molecule has 10 nitrogen and oxygen atoms in total. The molecule has 0 aliphatic heterocycles. The first-order chi connectivity index (χ1) is 26.7. The molecule has 7 rings (SSSR count). The summed E-state index contributed by atoms with van der Waals surface area (Å²) in [5.41, 5.74) is 3.02. The molecule has 5 aromatic carbocycles. The number of rotatable bonds is 13. The second-order valence-corrected chi connectivity index (χ2v) is 15.6. The highest BCUT2D eigenvalue weighted by atomic mass is 32.2. The molecule has 1 unspecified atom stereocenters. The van der Waals surface area contributed by atoms with E-state index in [-0.39, 0.29) is 5.91 Å². The second kappa shape index (κ2) is 16.6. The van der Waals surface area contributed by atoms with Crippen LogP contribution in [0.5, 0.6) is 5.75 Å². The normalized spacial score (nSPS) is 13.7. The van der Waals surface area contributed by atoms with Crippen molar-refractivity contribution in [1.82, 2.24) is 24.9 Å². The minimum Gasteiger partial charge on any atom is -0.457 e. The fraction of sp³-hybridized carbons (Fsp3) is 0.116. The molecule has 12 heteroatoms. The van der Waals surface area contributed by atoms with Gasteiger partial charge in [0.05, 0.1) is 22.5 Å². The van der Waals surface area contributed by atoms with Crippen LogP contribution in [0.1, 0.15) is 47.3 Å². The minimum absolute atomic E-state index is 0.212. The quantitative estimate of drug-likeness (QED) is 0.0872. The summed E-state index contributed by atoms with van der Waals surface area (Å²) in [5, 5.41) is 12.9. The highest BCUT2D eigenvalue weighted by Gasteiger charge is 2.37. The van der Waals surface area contributed by atoms with Crippen LogP contribution in [0.3, 0.4) is 0 Å². The lowest BCUT2D eigenvalue weighted by Crippen LogP contribution is -2.36. The van der Waals surface area contributed by atoms with Gasteiger partial charge in [0.15, 0.2) is 0 Å². The number of carbonyl (C=O) groups excluding carboxylic acids is 2. The predicted octanol–water partition coefficient (Wildman–Crippen LogP) is 9.58. The molecule has 1 amide bonds. The average molecular weight is 768 g/mol. The number of esters is 1. The maximum Gasteiger partial charge on any atom is 0.440 e. The van der Waals surface area contributed by atoms with Crippen molar-refractivity contribution in [2.75, 3.05) is 7.05 Å². The van der Waals surface area contributed by atoms with E-state index in [4.69, 9.17) is 14.4 Å². The Morgan fingerprint density at radius 3 is 2.36 bits per heavy atom. The predicted molar refractivity (Wildman–Crippen MR) is 218 cm³/mol. The molecule has 3 atom stereocenters. The number of pyridine rings is 1. The third-order valence-corrected chi connectivity index (χ3v) is 11.9. The van der Waals surface area contributed by atoms with Crippen molar-refractivity contribution in [3.63, 3.8) is 0 Å². The van der Waals surface area contributed by atoms with Gasteiger partial charge in [0.25, 0.3) is 5.91 Å². The van der Waals surface area contributed by atoms with Crippen molar-refractivity contribution < 1.29 is 23.4 Å². The number of nitrogens with one attached hydrogen (secondary N) is 2. The maximum absolute atomic E-state index is 15.7. The standard InChI is InChI=1S/C43H38N5O5PS/c1-29(43(50)52-30(2)31-14-5-4-6-15-31)47-54(51,53-40-21-13-17-32-16-7-8-19-35(32)40)48-39-28-34(55-41-22-10-9-20-37(41)42(49)44-3)24-25-36(39)38(46-48)26-23-33-18-11-12-27-45-33/h4-30H,1-3H3,(H,44,49)(H,47,51)/b26-23+/t29-,30-,54?/m0/s1. The van der Waals surface area contributed by atoms with E-state index in [1.165, 1.54) is 16.2 Å². The van der Waals surface area contributed by atoms with Gasteiger partial charge in [0.1, 0.15) is 17.9 Å². The summed E-state index contributed by atoms with van der Waals surface area (Å²) in [6, 6.07) is 40.0. The molecule has 276 valence electrons. The van der Waals surface area contributed by atoms with E-state index in [0.717, 1.165) is 26.1 Å². The largest absolute Gasteiger partial charge is 0.457 e. The summed E-state index contributed by atoms with van der Waals surface area (Å²) >= 11 is 1.39. The molecule has 0 radical (unpaired) electrons. The summed E-state index contributed by atoms with van der Waals surface area (Å²) in [7, 11) is -2.75. The van der Waals surface area contributed by atoms with Crippen molar-refractivity contribution in [3.8, 4) is 5.75 Å². The Hall–Kier alpha value is -6.00. The Bertz CT molecular complexity index is 2560. The summed E-state index contributed by atoms with van der Waals surface area (Å²) in [6.45, 7) is 3.37. The molecule has 2 aromatic heterocycles. The number of aromatic nitrogens is 3. The van der Waals surface area contributed by atoms with E-state index in [0.29, 0.717) is 33.6 Å². The van der Waals surface area contributed by atoms with Gasteiger partial charge < -0.3 is 14.6 Å². The summed E-state index contributed by atoms with van der Waals surface area (Å²) in [4.78, 5) is 32.3. The van der Waals surface area contributed by atoms with E-state index < -0.39 is 25.8 Å². The van der Waals surface area contributed by atoms with Gasteiger partial charge in [-0.15, -0.1) is 0 Å². The van der Waals surface area contributed by atoms with Gasteiger partial charge in [-0.05, 0) is 85.5 Å². The van der Waals surface area contributed by atoms with E-state index in [9.17, 15) is 9.59 Å². The molecule has 2 heterocycles. The zero-order chi connectivity index (χ0) is 38.4. The fourth-order valence-corrected chi connectivity index (χ4v) is 8.93. The molecule has 0 fully saturated rings.